The van der Waals surface area contributed by atoms with Gasteiger partial charge in [-0.05, 0) is 97.2 Å². The van der Waals surface area contributed by atoms with E-state index in [9.17, 15) is 0 Å². The van der Waals surface area contributed by atoms with Crippen molar-refractivity contribution in [3.05, 3.63) is 267 Å². The van der Waals surface area contributed by atoms with Crippen LogP contribution in [0.15, 0.2) is 271 Å². The molecule has 0 aliphatic heterocycles. The summed E-state index contributed by atoms with van der Waals surface area (Å²) in [6.07, 6.45) is 0. The molecule has 68 heavy (non-hydrogen) atoms. The van der Waals surface area contributed by atoms with Crippen molar-refractivity contribution in [2.24, 2.45) is 0 Å². The average molecular weight is 885 g/mol. The van der Waals surface area contributed by atoms with Crippen LogP contribution in [-0.2, 0) is 0 Å². The second-order valence-corrected chi connectivity index (χ2v) is 21.4. The van der Waals surface area contributed by atoms with Gasteiger partial charge in [-0.3, -0.25) is 0 Å². The molecule has 0 atom stereocenters. The molecule has 0 amide bonds. The average Bonchev–Trinajstić information content (AvgIpc) is 3.97. The van der Waals surface area contributed by atoms with Crippen molar-refractivity contribution in [3.63, 3.8) is 0 Å². The summed E-state index contributed by atoms with van der Waals surface area (Å²) >= 11 is 0. The van der Waals surface area contributed by atoms with Gasteiger partial charge in [-0.25, -0.2) is 0 Å². The second kappa shape index (κ2) is 16.3. The smallest absolute Gasteiger partial charge is 0.179 e. The molecule has 13 aromatic rings. The highest BCUT2D eigenvalue weighted by atomic mass is 28.3. The quantitative estimate of drug-likeness (QED) is 0.106. The molecule has 2 heterocycles. The molecule has 0 radical (unpaired) electrons. The fourth-order valence-corrected chi connectivity index (χ4v) is 15.7. The van der Waals surface area contributed by atoms with Crippen LogP contribution in [0.5, 0.6) is 0 Å². The number of hydrogen-bond acceptors (Lipinski definition) is 2. The lowest BCUT2D eigenvalue weighted by molar-refractivity contribution is 0.666. The van der Waals surface area contributed by atoms with E-state index in [1.165, 1.54) is 53.4 Å². The van der Waals surface area contributed by atoms with Crippen LogP contribution < -0.4 is 25.6 Å². The highest BCUT2D eigenvalue weighted by Crippen LogP contribution is 2.45. The Balaban J connectivity index is 1.04. The van der Waals surface area contributed by atoms with Gasteiger partial charge in [0.1, 0.15) is 5.58 Å². The molecule has 4 heteroatoms. The summed E-state index contributed by atoms with van der Waals surface area (Å²) in [6.45, 7) is 0. The Labute approximate surface area is 396 Å². The fraction of sp³-hybridized carbons (Fsp3) is 0. The standard InChI is InChI=1S/C64H44N2OSi/c1-4-21-49(22-5-1)68(50-23-6-2-7-24-50,51-25-8-3-9-26-51)52-43-41-48(42-44-52)65(47-39-37-46(38-40-47)54-30-16-20-45-19-10-11-27-53(45)54)59-33-18-34-60-63(59)57-29-12-14-32-58(57)66(60)61-35-17-31-56-55-28-13-15-36-62(55)67-64(56)61/h1-44H. The van der Waals surface area contributed by atoms with Crippen molar-refractivity contribution in [2.45, 2.75) is 0 Å². The number of fused-ring (bicyclic) bond motifs is 7. The highest BCUT2D eigenvalue weighted by molar-refractivity contribution is 7.19. The molecule has 0 saturated heterocycles. The van der Waals surface area contributed by atoms with Gasteiger partial charge >= 0.3 is 0 Å². The summed E-state index contributed by atoms with van der Waals surface area (Å²) in [7, 11) is -2.76. The lowest BCUT2D eigenvalue weighted by Gasteiger charge is -2.35. The summed E-state index contributed by atoms with van der Waals surface area (Å²) < 4.78 is 9.09. The van der Waals surface area contributed by atoms with E-state index in [4.69, 9.17) is 4.42 Å². The number of benzene rings is 11. The Morgan fingerprint density at radius 3 is 1.54 bits per heavy atom. The van der Waals surface area contributed by atoms with Gasteiger partial charge in [-0.1, -0.05) is 212 Å². The highest BCUT2D eigenvalue weighted by Gasteiger charge is 2.41. The Hall–Kier alpha value is -8.70. The molecule has 3 nitrogen and oxygen atoms in total. The van der Waals surface area contributed by atoms with Gasteiger partial charge in [0.15, 0.2) is 13.7 Å². The third-order valence-corrected chi connectivity index (χ3v) is 18.7. The van der Waals surface area contributed by atoms with E-state index in [0.717, 1.165) is 55.7 Å². The predicted octanol–water partition coefficient (Wildman–Crippen LogP) is 14.4. The number of furan rings is 1. The molecule has 2 aromatic heterocycles. The van der Waals surface area contributed by atoms with Gasteiger partial charge in [0, 0.05) is 32.9 Å². The first-order valence-electron chi connectivity index (χ1n) is 23.3. The lowest BCUT2D eigenvalue weighted by atomic mass is 9.98. The Bertz CT molecular complexity index is 3850. The maximum absolute atomic E-state index is 6.70. The van der Waals surface area contributed by atoms with Crippen molar-refractivity contribution in [1.82, 2.24) is 4.57 Å². The van der Waals surface area contributed by atoms with Gasteiger partial charge < -0.3 is 13.9 Å². The van der Waals surface area contributed by atoms with Gasteiger partial charge in [0.05, 0.1) is 22.4 Å². The zero-order valence-electron chi connectivity index (χ0n) is 37.2. The molecule has 0 bridgehead atoms. The first-order chi connectivity index (χ1) is 33.8. The summed E-state index contributed by atoms with van der Waals surface area (Å²) in [5, 5.41) is 12.4. The van der Waals surface area contributed by atoms with Gasteiger partial charge in [-0.2, -0.15) is 0 Å². The van der Waals surface area contributed by atoms with E-state index in [0.29, 0.717) is 0 Å². The van der Waals surface area contributed by atoms with Crippen LogP contribution in [0.25, 0.3) is 71.3 Å². The van der Waals surface area contributed by atoms with E-state index in [-0.39, 0.29) is 0 Å². The molecule has 13 rings (SSSR count). The lowest BCUT2D eigenvalue weighted by Crippen LogP contribution is -2.74. The van der Waals surface area contributed by atoms with Crippen LogP contribution in [0.3, 0.4) is 0 Å². The number of para-hydroxylation sites is 3. The molecule has 0 aliphatic carbocycles. The minimum Gasteiger partial charge on any atom is -0.454 e. The zero-order valence-corrected chi connectivity index (χ0v) is 38.2. The summed E-state index contributed by atoms with van der Waals surface area (Å²) in [5.74, 6) is 0. The van der Waals surface area contributed by atoms with Gasteiger partial charge in [0.25, 0.3) is 0 Å². The number of rotatable bonds is 9. The molecule has 0 fully saturated rings. The maximum atomic E-state index is 6.70. The molecular weight excluding hydrogens is 841 g/mol. The van der Waals surface area contributed by atoms with Crippen molar-refractivity contribution in [2.75, 3.05) is 4.90 Å². The predicted molar refractivity (Wildman–Crippen MR) is 289 cm³/mol. The number of aromatic nitrogens is 1. The SMILES string of the molecule is c1ccc([Si](c2ccccc2)(c2ccccc2)c2ccc(N(c3ccc(-c4cccc5ccccc45)cc3)c3cccc4c3c3ccccc3n4-c3cccc4c3oc3ccccc34)cc2)cc1. The van der Waals surface area contributed by atoms with Crippen molar-refractivity contribution < 1.29 is 4.42 Å². The summed E-state index contributed by atoms with van der Waals surface area (Å²) in [5.41, 5.74) is 10.6. The van der Waals surface area contributed by atoms with Gasteiger partial charge in [0.2, 0.25) is 0 Å². The molecule has 0 unspecified atom stereocenters. The molecule has 11 aromatic carbocycles. The van der Waals surface area contributed by atoms with E-state index in [1.807, 2.05) is 6.07 Å². The minimum atomic E-state index is -2.76. The largest absolute Gasteiger partial charge is 0.454 e. The third kappa shape index (κ3) is 6.26. The van der Waals surface area contributed by atoms with Crippen LogP contribution >= 0.6 is 0 Å². The number of nitrogens with zero attached hydrogens (tertiary/aromatic N) is 2. The molecule has 320 valence electrons. The normalized spacial score (nSPS) is 11.8. The number of hydrogen-bond donors (Lipinski definition) is 0. The van der Waals surface area contributed by atoms with Crippen molar-refractivity contribution in [3.8, 4) is 16.8 Å². The molecule has 0 aliphatic rings. The summed E-state index contributed by atoms with van der Waals surface area (Å²) in [6, 6.07) is 97.7. The van der Waals surface area contributed by atoms with Crippen LogP contribution in [0, 0.1) is 0 Å². The van der Waals surface area contributed by atoms with Crippen LogP contribution in [-0.4, -0.2) is 12.6 Å². The van der Waals surface area contributed by atoms with Crippen LogP contribution in [0.1, 0.15) is 0 Å². The molecule has 0 spiro atoms. The van der Waals surface area contributed by atoms with Crippen LogP contribution in [0.2, 0.25) is 0 Å². The first-order valence-corrected chi connectivity index (χ1v) is 25.3. The Kier molecular flexibility index (Phi) is 9.51. The monoisotopic (exact) mass is 884 g/mol. The van der Waals surface area contributed by atoms with Crippen molar-refractivity contribution in [1.29, 1.82) is 0 Å². The van der Waals surface area contributed by atoms with E-state index in [2.05, 4.69) is 270 Å². The molecule has 0 saturated carbocycles. The molecular formula is C64H44N2OSi. The Morgan fingerprint density at radius 1 is 0.353 bits per heavy atom. The zero-order chi connectivity index (χ0) is 45.0. The maximum Gasteiger partial charge on any atom is 0.179 e. The van der Waals surface area contributed by atoms with Gasteiger partial charge in [-0.15, -0.1) is 0 Å². The number of anilines is 3. The van der Waals surface area contributed by atoms with E-state index >= 15 is 0 Å². The summed E-state index contributed by atoms with van der Waals surface area (Å²) in [4.78, 5) is 2.45. The van der Waals surface area contributed by atoms with Crippen LogP contribution in [0.4, 0.5) is 17.1 Å². The second-order valence-electron chi connectivity index (χ2n) is 17.6. The topological polar surface area (TPSA) is 21.3 Å². The molecule has 0 N–H and O–H groups in total. The third-order valence-electron chi connectivity index (χ3n) is 13.9. The fourth-order valence-electron chi connectivity index (χ4n) is 11.0. The first kappa shape index (κ1) is 39.6. The van der Waals surface area contributed by atoms with E-state index < -0.39 is 8.07 Å². The minimum absolute atomic E-state index is 0.876. The van der Waals surface area contributed by atoms with E-state index in [1.54, 1.807) is 0 Å². The van der Waals surface area contributed by atoms with Crippen molar-refractivity contribution >= 4 is 100 Å². The Morgan fingerprint density at radius 2 is 0.853 bits per heavy atom.